The minimum Gasteiger partial charge on any atom is -0.395 e. The van der Waals surface area contributed by atoms with Crippen LogP contribution >= 0.6 is 67.8 Å². The summed E-state index contributed by atoms with van der Waals surface area (Å²) in [7, 11) is 0. The minimum atomic E-state index is -1.32. The van der Waals surface area contributed by atoms with Crippen LogP contribution in [0.3, 0.4) is 0 Å². The molecule has 1 aromatic rings. The highest BCUT2D eigenvalue weighted by Crippen LogP contribution is 2.36. The highest BCUT2D eigenvalue weighted by Gasteiger charge is 2.29. The molecule has 0 saturated carbocycles. The largest absolute Gasteiger partial charge is 0.395 e. The van der Waals surface area contributed by atoms with Gasteiger partial charge in [0.1, 0.15) is 6.10 Å². The fourth-order valence-electron chi connectivity index (χ4n) is 2.06. The van der Waals surface area contributed by atoms with E-state index in [9.17, 15) is 29.7 Å². The molecule has 0 radical (unpaired) electrons. The molecule has 0 fully saturated rings. The second kappa shape index (κ2) is 12.5. The van der Waals surface area contributed by atoms with E-state index in [4.69, 9.17) is 5.11 Å². The Kier molecular flexibility index (Phi) is 11.5. The van der Waals surface area contributed by atoms with Crippen LogP contribution in [0.4, 0.5) is 5.69 Å². The number of halogens is 3. The average molecular weight is 747 g/mol. The van der Waals surface area contributed by atoms with Crippen LogP contribution in [0.1, 0.15) is 27.6 Å². The molecule has 0 heterocycles. The summed E-state index contributed by atoms with van der Waals surface area (Å²) < 4.78 is 0.948. The van der Waals surface area contributed by atoms with E-state index in [2.05, 4.69) is 16.0 Å². The molecule has 3 amide bonds. The van der Waals surface area contributed by atoms with Gasteiger partial charge in [-0.25, -0.2) is 0 Å². The van der Waals surface area contributed by atoms with Gasteiger partial charge in [-0.15, -0.1) is 0 Å². The quantitative estimate of drug-likeness (QED) is 0.169. The molecule has 0 aliphatic carbocycles. The number of amides is 3. The third kappa shape index (κ3) is 6.82. The smallest absolute Gasteiger partial charge is 0.253 e. The highest BCUT2D eigenvalue weighted by molar-refractivity contribution is 14.1. The van der Waals surface area contributed by atoms with Gasteiger partial charge in [-0.3, -0.25) is 14.4 Å². The van der Waals surface area contributed by atoms with Crippen LogP contribution < -0.4 is 16.0 Å². The Morgan fingerprint density at radius 1 is 0.931 bits per heavy atom. The number of benzene rings is 1. The Labute approximate surface area is 207 Å². The molecule has 0 aromatic heterocycles. The van der Waals surface area contributed by atoms with Crippen LogP contribution in [-0.4, -0.2) is 76.7 Å². The van der Waals surface area contributed by atoms with Gasteiger partial charge in [0.25, 0.3) is 17.7 Å². The van der Waals surface area contributed by atoms with Gasteiger partial charge in [-0.2, -0.15) is 0 Å². The fourth-order valence-corrected chi connectivity index (χ4v) is 6.48. The highest BCUT2D eigenvalue weighted by atomic mass is 127. The van der Waals surface area contributed by atoms with E-state index in [1.807, 2.05) is 67.8 Å². The first-order valence-corrected chi connectivity index (χ1v) is 11.4. The zero-order valence-corrected chi connectivity index (χ0v) is 21.6. The summed E-state index contributed by atoms with van der Waals surface area (Å²) >= 11 is 5.52. The van der Waals surface area contributed by atoms with Gasteiger partial charge in [-0.1, -0.05) is 0 Å². The number of rotatable bonds is 9. The maximum Gasteiger partial charge on any atom is 0.253 e. The number of carbonyl (C=O) groups is 3. The van der Waals surface area contributed by atoms with Crippen LogP contribution in [0.2, 0.25) is 0 Å². The number of anilines is 1. The lowest BCUT2D eigenvalue weighted by Crippen LogP contribution is -2.41. The van der Waals surface area contributed by atoms with Gasteiger partial charge in [0.15, 0.2) is 0 Å². The maximum atomic E-state index is 12.8. The normalized spacial score (nSPS) is 11.9. The summed E-state index contributed by atoms with van der Waals surface area (Å²) in [6.45, 7) is 0.00366. The Bertz CT molecular complexity index is 786. The third-order valence-corrected chi connectivity index (χ3v) is 6.81. The molecule has 0 saturated heterocycles. The van der Waals surface area contributed by atoms with Crippen molar-refractivity contribution < 1.29 is 34.8 Å². The molecule has 10 nitrogen and oxygen atoms in total. The van der Waals surface area contributed by atoms with Gasteiger partial charge in [0, 0.05) is 10.1 Å². The molecule has 7 N–H and O–H groups in total. The van der Waals surface area contributed by atoms with Gasteiger partial charge in [-0.05, 0) is 74.7 Å². The first kappa shape index (κ1) is 26.7. The Balaban J connectivity index is 3.62. The molecule has 0 bridgehead atoms. The second-order valence-corrected chi connectivity index (χ2v) is 8.98. The van der Waals surface area contributed by atoms with E-state index in [1.54, 1.807) is 0 Å². The fraction of sp³-hybridized carbons (Fsp3) is 0.438. The van der Waals surface area contributed by atoms with E-state index in [0.717, 1.165) is 0 Å². The molecule has 1 atom stereocenters. The van der Waals surface area contributed by atoms with Crippen LogP contribution in [0.15, 0.2) is 0 Å². The van der Waals surface area contributed by atoms with Crippen LogP contribution in [0.5, 0.6) is 0 Å². The molecule has 0 aliphatic heterocycles. The van der Waals surface area contributed by atoms with Crippen molar-refractivity contribution in [3.05, 3.63) is 21.8 Å². The third-order valence-electron chi connectivity index (χ3n) is 3.57. The predicted molar refractivity (Wildman–Crippen MR) is 130 cm³/mol. The van der Waals surface area contributed by atoms with E-state index < -0.39 is 43.1 Å². The van der Waals surface area contributed by atoms with Crippen molar-refractivity contribution in [2.75, 3.05) is 31.7 Å². The zero-order chi connectivity index (χ0) is 22.3. The molecule has 0 aliphatic rings. The van der Waals surface area contributed by atoms with Crippen LogP contribution in [0, 0.1) is 10.7 Å². The van der Waals surface area contributed by atoms with E-state index in [-0.39, 0.29) is 33.5 Å². The summed E-state index contributed by atoms with van der Waals surface area (Å²) in [6, 6.07) is -0.907. The lowest BCUT2D eigenvalue weighted by atomic mass is 10.1. The number of hydrogen-bond donors (Lipinski definition) is 7. The Hall–Kier alpha value is -0.340. The molecule has 29 heavy (non-hydrogen) atoms. The number of nitrogens with one attached hydrogen (secondary N) is 3. The maximum absolute atomic E-state index is 12.8. The number of aliphatic hydroxyl groups excluding tert-OH is 4. The first-order valence-electron chi connectivity index (χ1n) is 8.21. The predicted octanol–water partition coefficient (Wildman–Crippen LogP) is -0.375. The molecular formula is C16H20I3N3O7. The Morgan fingerprint density at radius 2 is 1.45 bits per heavy atom. The van der Waals surface area contributed by atoms with Crippen molar-refractivity contribution in [2.24, 2.45) is 0 Å². The van der Waals surface area contributed by atoms with E-state index >= 15 is 0 Å². The number of carbonyl (C=O) groups excluding carboxylic acids is 3. The zero-order valence-electron chi connectivity index (χ0n) is 15.1. The standard InChI is InChI=1S/C16H20I3N3O7/c1-6(26)14(27)22-13-11(18)8(15(28)20-2-3-23)10(17)9(12(13)19)16(29)21-7(4-24)5-25/h6-7,23-26H,2-5H2,1H3,(H,20,28)(H,21,29)(H,22,27). The monoisotopic (exact) mass is 747 g/mol. The summed E-state index contributed by atoms with van der Waals surface area (Å²) in [5.41, 5.74) is 0.338. The lowest BCUT2D eigenvalue weighted by Gasteiger charge is -2.21. The molecule has 1 rings (SSSR count). The van der Waals surface area contributed by atoms with Crippen molar-refractivity contribution in [3.8, 4) is 0 Å². The minimum absolute atomic E-state index is 0.00895. The molecule has 0 spiro atoms. The van der Waals surface area contributed by atoms with Crippen molar-refractivity contribution in [1.29, 1.82) is 0 Å². The summed E-state index contributed by atoms with van der Waals surface area (Å²) in [5.74, 6) is -1.95. The first-order chi connectivity index (χ1) is 13.6. The molecular weight excluding hydrogens is 727 g/mol. The van der Waals surface area contributed by atoms with Crippen molar-refractivity contribution >= 4 is 91.2 Å². The topological polar surface area (TPSA) is 168 Å². The summed E-state index contributed by atoms with van der Waals surface area (Å²) in [4.78, 5) is 37.5. The Morgan fingerprint density at radius 3 is 1.90 bits per heavy atom. The van der Waals surface area contributed by atoms with Crippen molar-refractivity contribution in [1.82, 2.24) is 10.6 Å². The average Bonchev–Trinajstić information content (AvgIpc) is 2.67. The molecule has 162 valence electrons. The molecule has 13 heteroatoms. The molecule has 1 aromatic carbocycles. The van der Waals surface area contributed by atoms with Crippen molar-refractivity contribution in [3.63, 3.8) is 0 Å². The number of hydrogen-bond acceptors (Lipinski definition) is 7. The van der Waals surface area contributed by atoms with E-state index in [0.29, 0.717) is 7.14 Å². The van der Waals surface area contributed by atoms with Gasteiger partial charge in [0.2, 0.25) is 0 Å². The van der Waals surface area contributed by atoms with Gasteiger partial charge < -0.3 is 36.4 Å². The van der Waals surface area contributed by atoms with Crippen LogP contribution in [-0.2, 0) is 4.79 Å². The number of aliphatic hydroxyl groups is 4. The van der Waals surface area contributed by atoms with E-state index in [1.165, 1.54) is 6.92 Å². The van der Waals surface area contributed by atoms with Gasteiger partial charge >= 0.3 is 0 Å². The van der Waals surface area contributed by atoms with Gasteiger partial charge in [0.05, 0.1) is 49.8 Å². The summed E-state index contributed by atoms with van der Waals surface area (Å²) in [5, 5.41) is 44.4. The van der Waals surface area contributed by atoms with Crippen LogP contribution in [0.25, 0.3) is 0 Å². The SMILES string of the molecule is CC(O)C(=O)Nc1c(I)c(C(=O)NCCO)c(I)c(C(=O)NC(CO)CO)c1I. The lowest BCUT2D eigenvalue weighted by molar-refractivity contribution is -0.123. The van der Waals surface area contributed by atoms with Crippen molar-refractivity contribution in [2.45, 2.75) is 19.1 Å². The summed E-state index contributed by atoms with van der Waals surface area (Å²) in [6.07, 6.45) is -1.32. The second-order valence-electron chi connectivity index (χ2n) is 5.75. The molecule has 1 unspecified atom stereocenters.